The number of carbonyl (C=O) groups is 2. The van der Waals surface area contributed by atoms with E-state index in [-0.39, 0.29) is 63.9 Å². The molecule has 0 fully saturated rings. The third kappa shape index (κ3) is 4.00. The van der Waals surface area contributed by atoms with Crippen LogP contribution in [0.3, 0.4) is 0 Å². The summed E-state index contributed by atoms with van der Waals surface area (Å²) in [6.45, 7) is 0. The summed E-state index contributed by atoms with van der Waals surface area (Å²) in [5, 5.41) is 18.3. The Morgan fingerprint density at radius 2 is 1.55 bits per heavy atom. The molecule has 98 valence electrons. The van der Waals surface area contributed by atoms with Gasteiger partial charge in [-0.15, -0.1) is 0 Å². The Balaban J connectivity index is 0.00000200. The fraction of sp³-hybridized carbons (Fsp3) is 0.0667. The number of hydrogen-bond donors (Lipinski definition) is 2. The Kier molecular flexibility index (Phi) is 6.58. The molecular formula is C15H13KO4. The molecule has 2 aromatic rings. The molecule has 0 radical (unpaired) electrons. The molecule has 0 atom stereocenters. The summed E-state index contributed by atoms with van der Waals surface area (Å²) in [5.74, 6) is -2.45. The SMILES string of the molecule is O=C(O)c1cccc(Cc2ccccc2)c1C(=O)O.[H-].[K+]. The monoisotopic (exact) mass is 296 g/mol. The van der Waals surface area contributed by atoms with Gasteiger partial charge in [-0.2, -0.15) is 0 Å². The maximum Gasteiger partial charge on any atom is 1.00 e. The Hall–Kier alpha value is -0.984. The quantitative estimate of drug-likeness (QED) is 0.766. The van der Waals surface area contributed by atoms with Crippen LogP contribution >= 0.6 is 0 Å². The second-order valence-electron chi connectivity index (χ2n) is 4.11. The van der Waals surface area contributed by atoms with Crippen molar-refractivity contribution in [2.75, 3.05) is 0 Å². The predicted molar refractivity (Wildman–Crippen MR) is 70.7 cm³/mol. The van der Waals surface area contributed by atoms with Crippen molar-refractivity contribution in [1.29, 1.82) is 0 Å². The zero-order chi connectivity index (χ0) is 13.8. The van der Waals surface area contributed by atoms with Crippen molar-refractivity contribution in [1.82, 2.24) is 0 Å². The summed E-state index contributed by atoms with van der Waals surface area (Å²) in [4.78, 5) is 22.3. The van der Waals surface area contributed by atoms with E-state index in [2.05, 4.69) is 0 Å². The minimum Gasteiger partial charge on any atom is -1.00 e. The molecule has 0 aliphatic carbocycles. The summed E-state index contributed by atoms with van der Waals surface area (Å²) in [6.07, 6.45) is 0.392. The van der Waals surface area contributed by atoms with Crippen molar-refractivity contribution in [3.05, 3.63) is 70.8 Å². The Bertz CT molecular complexity index is 629. The van der Waals surface area contributed by atoms with Gasteiger partial charge in [0.1, 0.15) is 0 Å². The third-order valence-corrected chi connectivity index (χ3v) is 2.83. The van der Waals surface area contributed by atoms with Crippen molar-refractivity contribution < 1.29 is 72.6 Å². The molecule has 0 aromatic heterocycles. The number of carboxylic acid groups (broad SMARTS) is 2. The molecular weight excluding hydrogens is 283 g/mol. The standard InChI is InChI=1S/C15H12O4.K.H/c16-14(17)12-8-4-7-11(13(12)15(18)19)9-10-5-2-1-3-6-10;;/h1-8H,9H2,(H,16,17)(H,18,19);;/q;+1;-1. The molecule has 5 heteroatoms. The van der Waals surface area contributed by atoms with E-state index in [0.717, 1.165) is 5.56 Å². The van der Waals surface area contributed by atoms with Crippen molar-refractivity contribution in [2.24, 2.45) is 0 Å². The van der Waals surface area contributed by atoms with Crippen LogP contribution < -0.4 is 51.4 Å². The van der Waals surface area contributed by atoms with Crippen molar-refractivity contribution in [3.8, 4) is 0 Å². The molecule has 2 aromatic carbocycles. The average Bonchev–Trinajstić information content (AvgIpc) is 2.39. The summed E-state index contributed by atoms with van der Waals surface area (Å²) in [6, 6.07) is 13.8. The van der Waals surface area contributed by atoms with Crippen LogP contribution in [0.15, 0.2) is 48.5 Å². The maximum absolute atomic E-state index is 11.3. The number of rotatable bonds is 4. The Morgan fingerprint density at radius 3 is 2.10 bits per heavy atom. The van der Waals surface area contributed by atoms with Gasteiger partial charge in [0.05, 0.1) is 11.1 Å². The van der Waals surface area contributed by atoms with Gasteiger partial charge in [0.25, 0.3) is 0 Å². The molecule has 0 spiro atoms. The topological polar surface area (TPSA) is 74.6 Å². The molecule has 2 rings (SSSR count). The van der Waals surface area contributed by atoms with Crippen molar-refractivity contribution >= 4 is 11.9 Å². The normalized spacial score (nSPS) is 9.60. The van der Waals surface area contributed by atoms with E-state index in [1.54, 1.807) is 12.1 Å². The van der Waals surface area contributed by atoms with Crippen molar-refractivity contribution in [3.63, 3.8) is 0 Å². The zero-order valence-electron chi connectivity index (χ0n) is 12.0. The van der Waals surface area contributed by atoms with Gasteiger partial charge in [-0.3, -0.25) is 0 Å². The summed E-state index contributed by atoms with van der Waals surface area (Å²) in [5.41, 5.74) is 1.12. The molecule has 4 nitrogen and oxygen atoms in total. The second kappa shape index (κ2) is 7.71. The zero-order valence-corrected chi connectivity index (χ0v) is 14.2. The molecule has 0 unspecified atom stereocenters. The summed E-state index contributed by atoms with van der Waals surface area (Å²) < 4.78 is 0. The Labute approximate surface area is 160 Å². The molecule has 2 N–H and O–H groups in total. The van der Waals surface area contributed by atoms with Gasteiger partial charge in [-0.1, -0.05) is 42.5 Å². The minimum atomic E-state index is -1.23. The van der Waals surface area contributed by atoms with E-state index in [1.165, 1.54) is 6.07 Å². The fourth-order valence-corrected chi connectivity index (χ4v) is 1.99. The predicted octanol–water partition coefficient (Wildman–Crippen LogP) is -0.210. The van der Waals surface area contributed by atoms with E-state index in [0.29, 0.717) is 12.0 Å². The first-order valence-corrected chi connectivity index (χ1v) is 5.72. The van der Waals surface area contributed by atoms with Crippen LogP contribution in [0.25, 0.3) is 0 Å². The van der Waals surface area contributed by atoms with Crippen LogP contribution in [0.1, 0.15) is 33.3 Å². The van der Waals surface area contributed by atoms with Crippen LogP contribution in [0, 0.1) is 0 Å². The van der Waals surface area contributed by atoms with E-state index >= 15 is 0 Å². The number of benzene rings is 2. The van der Waals surface area contributed by atoms with E-state index < -0.39 is 11.9 Å². The van der Waals surface area contributed by atoms with E-state index in [4.69, 9.17) is 5.11 Å². The van der Waals surface area contributed by atoms with Crippen molar-refractivity contribution in [2.45, 2.75) is 6.42 Å². The molecule has 0 aliphatic rings. The van der Waals surface area contributed by atoms with Crippen LogP contribution in [-0.4, -0.2) is 22.2 Å². The fourth-order valence-electron chi connectivity index (χ4n) is 1.99. The summed E-state index contributed by atoms with van der Waals surface area (Å²) in [7, 11) is 0. The van der Waals surface area contributed by atoms with Gasteiger partial charge in [-0.25, -0.2) is 9.59 Å². The van der Waals surface area contributed by atoms with Crippen LogP contribution in [0.2, 0.25) is 0 Å². The first-order chi connectivity index (χ1) is 9.09. The smallest absolute Gasteiger partial charge is 1.00 e. The molecule has 0 saturated heterocycles. The van der Waals surface area contributed by atoms with E-state index in [9.17, 15) is 14.7 Å². The minimum absolute atomic E-state index is 0. The first-order valence-electron chi connectivity index (χ1n) is 5.72. The molecule has 0 saturated carbocycles. The maximum atomic E-state index is 11.3. The molecule has 0 amide bonds. The van der Waals surface area contributed by atoms with E-state index in [1.807, 2.05) is 30.3 Å². The van der Waals surface area contributed by atoms with Gasteiger partial charge in [-0.05, 0) is 23.6 Å². The molecule has 0 bridgehead atoms. The largest absolute Gasteiger partial charge is 1.00 e. The van der Waals surface area contributed by atoms with Crippen LogP contribution in [-0.2, 0) is 6.42 Å². The van der Waals surface area contributed by atoms with Gasteiger partial charge in [0.15, 0.2) is 0 Å². The van der Waals surface area contributed by atoms with Gasteiger partial charge in [0.2, 0.25) is 0 Å². The van der Waals surface area contributed by atoms with Crippen LogP contribution in [0.4, 0.5) is 0 Å². The average molecular weight is 296 g/mol. The molecule has 0 heterocycles. The van der Waals surface area contributed by atoms with Gasteiger partial charge < -0.3 is 11.6 Å². The number of aromatic carboxylic acids is 2. The number of carboxylic acids is 2. The molecule has 20 heavy (non-hydrogen) atoms. The number of hydrogen-bond acceptors (Lipinski definition) is 2. The van der Waals surface area contributed by atoms with Crippen LogP contribution in [0.5, 0.6) is 0 Å². The molecule has 0 aliphatic heterocycles. The van der Waals surface area contributed by atoms with Gasteiger partial charge >= 0.3 is 63.3 Å². The van der Waals surface area contributed by atoms with Gasteiger partial charge in [0, 0.05) is 0 Å². The Morgan fingerprint density at radius 1 is 0.900 bits per heavy atom. The summed E-state index contributed by atoms with van der Waals surface area (Å²) >= 11 is 0. The second-order valence-corrected chi connectivity index (χ2v) is 4.11. The first kappa shape index (κ1) is 17.1. The third-order valence-electron chi connectivity index (χ3n) is 2.83.